The maximum absolute atomic E-state index is 12.9. The lowest BCUT2D eigenvalue weighted by molar-refractivity contribution is 0.0950. The van der Waals surface area contributed by atoms with Crippen molar-refractivity contribution in [1.82, 2.24) is 5.32 Å². The highest BCUT2D eigenvalue weighted by atomic mass is 35.5. The number of unbranched alkanes of at least 4 members (excludes halogenated alkanes) is 1. The maximum Gasteiger partial charge on any atom is 0.251 e. The number of benzene rings is 2. The fourth-order valence-corrected chi connectivity index (χ4v) is 2.57. The molecule has 4 nitrogen and oxygen atoms in total. The van der Waals surface area contributed by atoms with Gasteiger partial charge >= 0.3 is 0 Å². The molecule has 0 aliphatic rings. The Balaban J connectivity index is 2.11. The number of rotatable bonds is 9. The Morgan fingerprint density at radius 2 is 1.88 bits per heavy atom. The topological polar surface area (TPSA) is 47.6 Å². The van der Waals surface area contributed by atoms with Crippen LogP contribution in [-0.4, -0.2) is 19.1 Å². The van der Waals surface area contributed by atoms with Crippen LogP contribution in [0.25, 0.3) is 0 Å². The van der Waals surface area contributed by atoms with Gasteiger partial charge in [-0.25, -0.2) is 4.39 Å². The van der Waals surface area contributed by atoms with E-state index in [4.69, 9.17) is 21.1 Å². The van der Waals surface area contributed by atoms with Gasteiger partial charge in [0, 0.05) is 12.1 Å². The Morgan fingerprint density at radius 3 is 2.54 bits per heavy atom. The number of halogens is 2. The Labute approximate surface area is 158 Å². The summed E-state index contributed by atoms with van der Waals surface area (Å²) in [4.78, 5) is 12.4. The number of ether oxygens (including phenoxy) is 2. The molecule has 0 radical (unpaired) electrons. The number of amides is 1. The van der Waals surface area contributed by atoms with E-state index >= 15 is 0 Å². The van der Waals surface area contributed by atoms with Crippen molar-refractivity contribution in [3.8, 4) is 11.5 Å². The highest BCUT2D eigenvalue weighted by Crippen LogP contribution is 2.36. The minimum absolute atomic E-state index is 0.287. The predicted octanol–water partition coefficient (Wildman–Crippen LogP) is 4.99. The molecule has 1 N–H and O–H groups in total. The second kappa shape index (κ2) is 10.0. The summed E-state index contributed by atoms with van der Waals surface area (Å²) in [6.07, 6.45) is 1.91. The van der Waals surface area contributed by atoms with Crippen LogP contribution in [0.15, 0.2) is 36.4 Å². The van der Waals surface area contributed by atoms with Gasteiger partial charge in [-0.3, -0.25) is 4.79 Å². The smallest absolute Gasteiger partial charge is 0.251 e. The summed E-state index contributed by atoms with van der Waals surface area (Å²) in [6, 6.07) is 9.14. The van der Waals surface area contributed by atoms with Crippen molar-refractivity contribution in [2.45, 2.75) is 33.2 Å². The minimum Gasteiger partial charge on any atom is -0.490 e. The first-order chi connectivity index (χ1) is 12.5. The predicted molar refractivity (Wildman–Crippen MR) is 101 cm³/mol. The van der Waals surface area contributed by atoms with Crippen molar-refractivity contribution >= 4 is 17.5 Å². The highest BCUT2D eigenvalue weighted by molar-refractivity contribution is 6.32. The molecule has 0 unspecified atom stereocenters. The van der Waals surface area contributed by atoms with Crippen LogP contribution >= 0.6 is 11.6 Å². The molecule has 26 heavy (non-hydrogen) atoms. The lowest BCUT2D eigenvalue weighted by Gasteiger charge is -2.15. The Hall–Kier alpha value is -2.27. The number of nitrogens with one attached hydrogen (secondary N) is 1. The summed E-state index contributed by atoms with van der Waals surface area (Å²) < 4.78 is 24.2. The van der Waals surface area contributed by atoms with Crippen LogP contribution in [0.3, 0.4) is 0 Å². The second-order valence-electron chi connectivity index (χ2n) is 5.73. The van der Waals surface area contributed by atoms with Gasteiger partial charge in [0.1, 0.15) is 5.82 Å². The lowest BCUT2D eigenvalue weighted by Crippen LogP contribution is -2.23. The quantitative estimate of drug-likeness (QED) is 0.624. The maximum atomic E-state index is 12.9. The largest absolute Gasteiger partial charge is 0.490 e. The summed E-state index contributed by atoms with van der Waals surface area (Å²) in [5.74, 6) is 0.296. The van der Waals surface area contributed by atoms with Crippen LogP contribution in [-0.2, 0) is 6.54 Å². The molecule has 140 valence electrons. The number of carbonyl (C=O) groups excluding carboxylic acids is 1. The standard InChI is InChI=1S/C20H23ClFNO3/c1-3-5-10-26-19-17(21)11-15(12-18(19)25-4-2)20(24)23-13-14-6-8-16(22)9-7-14/h6-9,11-12H,3-5,10,13H2,1-2H3,(H,23,24). The molecule has 0 aromatic heterocycles. The van der Waals surface area contributed by atoms with E-state index in [9.17, 15) is 9.18 Å². The summed E-state index contributed by atoms with van der Waals surface area (Å²) in [5, 5.41) is 3.12. The third kappa shape index (κ3) is 5.63. The third-order valence-electron chi connectivity index (χ3n) is 3.68. The van der Waals surface area contributed by atoms with Gasteiger partial charge in [0.05, 0.1) is 18.2 Å². The molecule has 0 atom stereocenters. The Morgan fingerprint density at radius 1 is 1.15 bits per heavy atom. The van der Waals surface area contributed by atoms with Gasteiger partial charge in [0.25, 0.3) is 5.91 Å². The monoisotopic (exact) mass is 379 g/mol. The van der Waals surface area contributed by atoms with Gasteiger partial charge in [-0.1, -0.05) is 37.1 Å². The molecule has 1 amide bonds. The molecule has 0 fully saturated rings. The summed E-state index contributed by atoms with van der Waals surface area (Å²) in [7, 11) is 0. The van der Waals surface area contributed by atoms with Gasteiger partial charge < -0.3 is 14.8 Å². The zero-order valence-electron chi connectivity index (χ0n) is 15.0. The van der Waals surface area contributed by atoms with E-state index in [1.165, 1.54) is 12.1 Å². The molecule has 2 rings (SSSR count). The summed E-state index contributed by atoms with van der Waals surface area (Å²) >= 11 is 6.30. The Kier molecular flexibility index (Phi) is 7.73. The summed E-state index contributed by atoms with van der Waals surface area (Å²) in [6.45, 7) is 5.18. The van der Waals surface area contributed by atoms with Crippen molar-refractivity contribution in [3.05, 3.63) is 58.4 Å². The normalized spacial score (nSPS) is 10.5. The molecule has 6 heteroatoms. The Bertz CT molecular complexity index is 735. The second-order valence-corrected chi connectivity index (χ2v) is 6.14. The van der Waals surface area contributed by atoms with E-state index in [-0.39, 0.29) is 18.3 Å². The molecule has 0 heterocycles. The van der Waals surface area contributed by atoms with Gasteiger partial charge in [0.2, 0.25) is 0 Å². The van der Waals surface area contributed by atoms with Crippen molar-refractivity contribution in [2.75, 3.05) is 13.2 Å². The fraction of sp³-hybridized carbons (Fsp3) is 0.350. The van der Waals surface area contributed by atoms with Gasteiger partial charge in [-0.2, -0.15) is 0 Å². The molecule has 0 saturated carbocycles. The fourth-order valence-electron chi connectivity index (χ4n) is 2.31. The SMILES string of the molecule is CCCCOc1c(Cl)cc(C(=O)NCc2ccc(F)cc2)cc1OCC. The van der Waals surface area contributed by atoms with Crippen LogP contribution in [0.4, 0.5) is 4.39 Å². The first kappa shape index (κ1) is 20.0. The van der Waals surface area contributed by atoms with Crippen LogP contribution in [0.5, 0.6) is 11.5 Å². The number of carbonyl (C=O) groups is 1. The van der Waals surface area contributed by atoms with Crippen molar-refractivity contribution in [1.29, 1.82) is 0 Å². The van der Waals surface area contributed by atoms with Crippen molar-refractivity contribution in [3.63, 3.8) is 0 Å². The van der Waals surface area contributed by atoms with E-state index in [0.717, 1.165) is 18.4 Å². The molecule has 0 saturated heterocycles. The van der Waals surface area contributed by atoms with Crippen molar-refractivity contribution < 1.29 is 18.7 Å². The average Bonchev–Trinajstić information content (AvgIpc) is 2.63. The van der Waals surface area contributed by atoms with Crippen LogP contribution in [0.2, 0.25) is 5.02 Å². The van der Waals surface area contributed by atoms with E-state index in [0.29, 0.717) is 35.3 Å². The highest BCUT2D eigenvalue weighted by Gasteiger charge is 2.16. The van der Waals surface area contributed by atoms with Crippen LogP contribution in [0.1, 0.15) is 42.6 Å². The molecular formula is C20H23ClFNO3. The number of hydrogen-bond acceptors (Lipinski definition) is 3. The third-order valence-corrected chi connectivity index (χ3v) is 3.96. The van der Waals surface area contributed by atoms with E-state index in [2.05, 4.69) is 12.2 Å². The zero-order chi connectivity index (χ0) is 18.9. The molecule has 2 aromatic rings. The molecule has 0 bridgehead atoms. The van der Waals surface area contributed by atoms with E-state index < -0.39 is 0 Å². The van der Waals surface area contributed by atoms with Crippen LogP contribution < -0.4 is 14.8 Å². The van der Waals surface area contributed by atoms with Gasteiger partial charge in [-0.15, -0.1) is 0 Å². The first-order valence-electron chi connectivity index (χ1n) is 8.67. The number of hydrogen-bond donors (Lipinski definition) is 1. The average molecular weight is 380 g/mol. The van der Waals surface area contributed by atoms with Gasteiger partial charge in [-0.05, 0) is 43.2 Å². The lowest BCUT2D eigenvalue weighted by atomic mass is 10.1. The molecule has 0 aliphatic carbocycles. The van der Waals surface area contributed by atoms with Gasteiger partial charge in [0.15, 0.2) is 11.5 Å². The summed E-state index contributed by atoms with van der Waals surface area (Å²) in [5.41, 5.74) is 1.18. The molecule has 0 spiro atoms. The molecule has 2 aromatic carbocycles. The van der Waals surface area contributed by atoms with E-state index in [1.807, 2.05) is 6.92 Å². The van der Waals surface area contributed by atoms with Crippen molar-refractivity contribution in [2.24, 2.45) is 0 Å². The molecule has 0 aliphatic heterocycles. The zero-order valence-corrected chi connectivity index (χ0v) is 15.7. The van der Waals surface area contributed by atoms with Crippen LogP contribution in [0, 0.1) is 5.82 Å². The first-order valence-corrected chi connectivity index (χ1v) is 9.04. The molecular weight excluding hydrogens is 357 g/mol. The van der Waals surface area contributed by atoms with E-state index in [1.54, 1.807) is 24.3 Å². The minimum atomic E-state index is -0.313.